The summed E-state index contributed by atoms with van der Waals surface area (Å²) in [5.41, 5.74) is -3.22. The van der Waals surface area contributed by atoms with Gasteiger partial charge in [0.25, 0.3) is 0 Å². The third-order valence-corrected chi connectivity index (χ3v) is 27.4. The molecule has 10 rings (SSSR count). The van der Waals surface area contributed by atoms with Crippen LogP contribution >= 0.6 is 0 Å². The highest BCUT2D eigenvalue weighted by molar-refractivity contribution is 5.79. The molecule has 0 aliphatic carbocycles. The van der Waals surface area contributed by atoms with Gasteiger partial charge in [0.1, 0.15) is 37.6 Å². The lowest BCUT2D eigenvalue weighted by molar-refractivity contribution is -0.176. The Hall–Kier alpha value is -6.84. The third-order valence-electron chi connectivity index (χ3n) is 27.4. The number of esters is 10. The Balaban J connectivity index is 0.000000262. The van der Waals surface area contributed by atoms with E-state index in [4.69, 9.17) is 57.6 Å². The molecule has 0 aromatic carbocycles. The normalized spacial score (nSPS) is 26.8. The van der Waals surface area contributed by atoms with Crippen molar-refractivity contribution in [3.63, 3.8) is 0 Å². The number of aliphatic hydroxyl groups is 12. The minimum Gasteiger partial charge on any atom is -0.481 e. The van der Waals surface area contributed by atoms with E-state index in [2.05, 4.69) is 0 Å². The fourth-order valence-electron chi connectivity index (χ4n) is 19.2. The van der Waals surface area contributed by atoms with Crippen LogP contribution in [-0.2, 0) is 105 Å². The topological polar surface area (TPSA) is 580 Å². The SMILES string of the molecule is O=C(O)CC1(O)CC(=O)OC(CCCC(O)CCCC(O)CCCC2CC(O)(CC(=O)O)CC(=O)O2)C1.O=C1CC(CCCC(O)CCCC(O)CCCC2COC(=O)C2)CO1.O=C1CCC(CCCC(O)CCCC(O)CCCC2CCC(=O)O2)O1.O=C1OCC1CCCC(O)CCCC(O)CCCC1COC1=O.O=C1OCCC1CCCC(O)CCCC(O)CCCC1CCOC1=O. The number of aliphatic hydroxyl groups excluding tert-OH is 10. The smallest absolute Gasteiger partial charge is 0.312 e. The molecule has 22 atom stereocenters. The minimum atomic E-state index is -1.61. The molecule has 0 aromatic rings. The number of carbonyl (C=O) groups is 12. The highest BCUT2D eigenvalue weighted by Crippen LogP contribution is 2.36. The molecule has 10 saturated heterocycles. The van der Waals surface area contributed by atoms with Gasteiger partial charge in [-0.25, -0.2) is 0 Å². The van der Waals surface area contributed by atoms with Crippen molar-refractivity contribution in [1.82, 2.24) is 0 Å². The number of aliphatic carboxylic acids is 2. The van der Waals surface area contributed by atoms with Gasteiger partial charge in [-0.05, 0) is 289 Å². The second-order valence-corrected chi connectivity index (χ2v) is 39.8. The summed E-state index contributed by atoms with van der Waals surface area (Å²) in [7, 11) is 0. The van der Waals surface area contributed by atoms with Crippen LogP contribution in [0.15, 0.2) is 0 Å². The van der Waals surface area contributed by atoms with Crippen LogP contribution in [0.25, 0.3) is 0 Å². The van der Waals surface area contributed by atoms with Crippen molar-refractivity contribution >= 4 is 71.6 Å². The first-order chi connectivity index (χ1) is 64.4. The van der Waals surface area contributed by atoms with E-state index in [1.165, 1.54) is 0 Å². The lowest BCUT2D eigenvalue weighted by atomic mass is 9.85. The zero-order chi connectivity index (χ0) is 98.5. The molecule has 10 aliphatic heterocycles. The van der Waals surface area contributed by atoms with Gasteiger partial charge in [0.2, 0.25) is 0 Å². The van der Waals surface area contributed by atoms with Gasteiger partial charge in [0.15, 0.2) is 0 Å². The molecular formula is C99H164O36. The number of ether oxygens (including phenoxy) is 10. The molecule has 10 aliphatic rings. The van der Waals surface area contributed by atoms with Gasteiger partial charge in [-0.1, -0.05) is 25.7 Å². The Morgan fingerprint density at radius 3 is 0.719 bits per heavy atom. The van der Waals surface area contributed by atoms with E-state index in [-0.39, 0.29) is 158 Å². The van der Waals surface area contributed by atoms with Gasteiger partial charge < -0.3 is 119 Å². The van der Waals surface area contributed by atoms with Gasteiger partial charge in [0.05, 0.1) is 161 Å². The van der Waals surface area contributed by atoms with Crippen LogP contribution in [0.5, 0.6) is 0 Å². The van der Waals surface area contributed by atoms with E-state index in [1.807, 2.05) is 0 Å². The summed E-state index contributed by atoms with van der Waals surface area (Å²) in [5.74, 6) is -3.71. The summed E-state index contributed by atoms with van der Waals surface area (Å²) in [6.07, 6.45) is 30.8. The monoisotopic (exact) mass is 1930 g/mol. The molecule has 0 spiro atoms. The largest absolute Gasteiger partial charge is 0.481 e. The van der Waals surface area contributed by atoms with Crippen molar-refractivity contribution in [2.24, 2.45) is 35.5 Å². The Morgan fingerprint density at radius 1 is 0.267 bits per heavy atom. The van der Waals surface area contributed by atoms with Crippen LogP contribution in [0.2, 0.25) is 0 Å². The second kappa shape index (κ2) is 65.2. The molecule has 10 fully saturated rings. The molecule has 36 nitrogen and oxygen atoms in total. The molecule has 0 radical (unpaired) electrons. The molecule has 0 aromatic heterocycles. The minimum absolute atomic E-state index is 0.0196. The predicted molar refractivity (Wildman–Crippen MR) is 484 cm³/mol. The number of cyclic esters (lactones) is 10. The van der Waals surface area contributed by atoms with Gasteiger partial charge >= 0.3 is 71.6 Å². The maximum atomic E-state index is 11.7. The Kier molecular flexibility index (Phi) is 56.5. The third kappa shape index (κ3) is 52.3. The molecule has 36 heteroatoms. The van der Waals surface area contributed by atoms with E-state index in [1.54, 1.807) is 0 Å². The van der Waals surface area contributed by atoms with E-state index >= 15 is 0 Å². The lowest BCUT2D eigenvalue weighted by Gasteiger charge is -2.35. The van der Waals surface area contributed by atoms with Gasteiger partial charge in [0, 0.05) is 37.5 Å². The maximum absolute atomic E-state index is 11.7. The fourth-order valence-corrected chi connectivity index (χ4v) is 19.2. The molecule has 135 heavy (non-hydrogen) atoms. The average Bonchev–Trinajstić information content (AvgIpc) is 1.71. The highest BCUT2D eigenvalue weighted by Gasteiger charge is 2.44. The highest BCUT2D eigenvalue weighted by atomic mass is 16.6. The van der Waals surface area contributed by atoms with Crippen LogP contribution in [0, 0.1) is 35.5 Å². The molecular weight excluding hydrogens is 1770 g/mol. The molecule has 776 valence electrons. The molecule has 14 N–H and O–H groups in total. The summed E-state index contributed by atoms with van der Waals surface area (Å²) < 4.78 is 49.8. The molecule has 0 saturated carbocycles. The first-order valence-electron chi connectivity index (χ1n) is 50.9. The van der Waals surface area contributed by atoms with Crippen LogP contribution in [0.3, 0.4) is 0 Å². The Bertz CT molecular complexity index is 3170. The number of carboxylic acids is 2. The van der Waals surface area contributed by atoms with Crippen LogP contribution < -0.4 is 0 Å². The predicted octanol–water partition coefficient (Wildman–Crippen LogP) is 9.93. The van der Waals surface area contributed by atoms with Crippen LogP contribution in [0.4, 0.5) is 0 Å². The fraction of sp³-hybridized carbons (Fsp3) is 0.879. The van der Waals surface area contributed by atoms with Crippen molar-refractivity contribution < 1.29 is 176 Å². The van der Waals surface area contributed by atoms with E-state index in [9.17, 15) is 119 Å². The molecule has 10 heterocycles. The first kappa shape index (κ1) is 117. The van der Waals surface area contributed by atoms with E-state index in [0.717, 1.165) is 180 Å². The first-order valence-corrected chi connectivity index (χ1v) is 50.9. The van der Waals surface area contributed by atoms with E-state index < -0.39 is 72.3 Å². The van der Waals surface area contributed by atoms with Gasteiger partial charge in [-0.15, -0.1) is 0 Å². The number of carboxylic acid groups (broad SMARTS) is 2. The van der Waals surface area contributed by atoms with Crippen molar-refractivity contribution in [3.8, 4) is 0 Å². The van der Waals surface area contributed by atoms with Crippen LogP contribution in [-0.4, -0.2) is 279 Å². The summed E-state index contributed by atoms with van der Waals surface area (Å²) in [5, 5.41) is 139. The van der Waals surface area contributed by atoms with Crippen molar-refractivity contribution in [2.45, 2.75) is 475 Å². The summed E-state index contributed by atoms with van der Waals surface area (Å²) >= 11 is 0. The summed E-state index contributed by atoms with van der Waals surface area (Å²) in [4.78, 5) is 134. The number of hydrogen-bond acceptors (Lipinski definition) is 34. The lowest BCUT2D eigenvalue weighted by Crippen LogP contribution is -2.44. The average molecular weight is 1930 g/mol. The number of hydrogen-bond donors (Lipinski definition) is 14. The van der Waals surface area contributed by atoms with Crippen LogP contribution in [0.1, 0.15) is 379 Å². The Morgan fingerprint density at radius 2 is 0.504 bits per heavy atom. The zero-order valence-corrected chi connectivity index (χ0v) is 79.8. The zero-order valence-electron chi connectivity index (χ0n) is 79.8. The summed E-state index contributed by atoms with van der Waals surface area (Å²) in [6, 6.07) is 0. The summed E-state index contributed by atoms with van der Waals surface area (Å²) in [6.45, 7) is 3.18. The number of rotatable bonds is 64. The van der Waals surface area contributed by atoms with Crippen molar-refractivity contribution in [1.29, 1.82) is 0 Å². The maximum Gasteiger partial charge on any atom is 0.312 e. The quantitative estimate of drug-likeness (QED) is 0.0199. The van der Waals surface area contributed by atoms with E-state index in [0.29, 0.717) is 212 Å². The molecule has 22 unspecified atom stereocenters. The second-order valence-electron chi connectivity index (χ2n) is 39.8. The molecule has 0 bridgehead atoms. The number of carbonyl (C=O) groups excluding carboxylic acids is 10. The Labute approximate surface area is 795 Å². The van der Waals surface area contributed by atoms with Gasteiger partial charge in [-0.2, -0.15) is 0 Å². The standard InChI is InChI=1S/C25H40O12.3C19H32O6.C17H28O6/c26-16(6-2-8-18-10-24(34,12-20(28)29)14-22(32)36-18)4-1-5-17(27)7-3-9-19-11-25(35,13-21(30)31)15-23(33)37-19;20-16(6-1-4-14-10-18(22)24-12-14)8-3-9-17(21)7-2-5-15-11-19(23)25-13-15;20-16(6-1-4-14-10-12-24-18(14)22)8-3-9-17(21)7-2-5-15-11-13-25-19(15)23;20-14(6-2-8-16-10-12-18(22)24-16)4-1-5-15(21)7-3-9-17-11-13-19(23)25-17;18-14(6-1-4-12-10-22-16(12)20)8-3-9-15(19)7-2-5-13-11-23-17(13)21/h16-19,26-27,34-35H,1-15H2,(H,28,29)(H,30,31);3*14-17,20-21H,1-13H2;12-15,18-19H,1-11H2. The van der Waals surface area contributed by atoms with Gasteiger partial charge in [-0.3, -0.25) is 57.5 Å². The molecule has 0 amide bonds. The van der Waals surface area contributed by atoms with Crippen molar-refractivity contribution in [2.75, 3.05) is 39.6 Å². The van der Waals surface area contributed by atoms with Crippen molar-refractivity contribution in [3.05, 3.63) is 0 Å².